The molecule has 0 aromatic carbocycles. The Kier molecular flexibility index (Phi) is 16.5. The van der Waals surface area contributed by atoms with Crippen molar-refractivity contribution < 1.29 is 14.6 Å². The lowest BCUT2D eigenvalue weighted by Gasteiger charge is -2.03. The maximum Gasteiger partial charge on any atom is 0.306 e. The van der Waals surface area contributed by atoms with Crippen LogP contribution in [0.2, 0.25) is 0 Å². The summed E-state index contributed by atoms with van der Waals surface area (Å²) in [7, 11) is 0. The minimum absolute atomic E-state index is 0.0836. The van der Waals surface area contributed by atoms with Crippen molar-refractivity contribution in [1.29, 1.82) is 0 Å². The number of unbranched alkanes of at least 4 members (excludes halogenated alkanes) is 6. The van der Waals surface area contributed by atoms with Crippen molar-refractivity contribution in [2.24, 2.45) is 0 Å². The van der Waals surface area contributed by atoms with Gasteiger partial charge in [-0.2, -0.15) is 0 Å². The lowest BCUT2D eigenvalue weighted by molar-refractivity contribution is -0.142. The summed E-state index contributed by atoms with van der Waals surface area (Å²) < 4.78 is 5.13. The van der Waals surface area contributed by atoms with Gasteiger partial charge in [-0.15, -0.1) is 0 Å². The highest BCUT2D eigenvalue weighted by atomic mass is 16.5. The normalized spacial score (nSPS) is 11.1. The van der Waals surface area contributed by atoms with Gasteiger partial charge in [0.2, 0.25) is 0 Å². The maximum atomic E-state index is 11.4. The molecule has 0 fully saturated rings. The lowest BCUT2D eigenvalue weighted by atomic mass is 10.1. The summed E-state index contributed by atoms with van der Waals surface area (Å²) in [5.41, 5.74) is 0. The van der Waals surface area contributed by atoms with Crippen molar-refractivity contribution in [2.75, 3.05) is 26.3 Å². The monoisotopic (exact) mass is 299 g/mol. The third-order valence-electron chi connectivity index (χ3n) is 3.25. The average molecular weight is 299 g/mol. The quantitative estimate of drug-likeness (QED) is 0.277. The highest BCUT2D eigenvalue weighted by Gasteiger charge is 2.00. The zero-order valence-corrected chi connectivity index (χ0v) is 13.6. The third-order valence-corrected chi connectivity index (χ3v) is 3.25. The number of allylic oxidation sites excluding steroid dienone is 1. The van der Waals surface area contributed by atoms with Crippen LogP contribution in [0, 0.1) is 0 Å². The van der Waals surface area contributed by atoms with Crippen LogP contribution in [-0.2, 0) is 9.53 Å². The van der Waals surface area contributed by atoms with E-state index in [4.69, 9.17) is 9.84 Å². The summed E-state index contributed by atoms with van der Waals surface area (Å²) >= 11 is 0. The van der Waals surface area contributed by atoms with Crippen LogP contribution in [0.1, 0.15) is 64.7 Å². The standard InChI is InChI=1S/C17H33NO3/c1-2-3-4-8-11-16-21-17(20)12-9-6-5-7-10-13-18-14-15-19/h8,11,18-19H,2-7,9-10,12-16H2,1H3. The van der Waals surface area contributed by atoms with E-state index in [2.05, 4.69) is 18.3 Å². The Morgan fingerprint density at radius 2 is 1.81 bits per heavy atom. The smallest absolute Gasteiger partial charge is 0.306 e. The molecular formula is C17H33NO3. The third kappa shape index (κ3) is 17.1. The van der Waals surface area contributed by atoms with Gasteiger partial charge in [-0.3, -0.25) is 4.79 Å². The molecule has 124 valence electrons. The van der Waals surface area contributed by atoms with E-state index in [0.717, 1.165) is 38.6 Å². The molecule has 0 radical (unpaired) electrons. The Morgan fingerprint density at radius 1 is 1.05 bits per heavy atom. The van der Waals surface area contributed by atoms with Gasteiger partial charge in [-0.1, -0.05) is 51.2 Å². The first kappa shape index (κ1) is 20.1. The van der Waals surface area contributed by atoms with Gasteiger partial charge in [0.25, 0.3) is 0 Å². The van der Waals surface area contributed by atoms with Gasteiger partial charge in [0.05, 0.1) is 6.61 Å². The lowest BCUT2D eigenvalue weighted by Crippen LogP contribution is -2.19. The number of ether oxygens (including phenoxy) is 1. The van der Waals surface area contributed by atoms with Crippen molar-refractivity contribution in [2.45, 2.75) is 64.7 Å². The van der Waals surface area contributed by atoms with Gasteiger partial charge in [0, 0.05) is 13.0 Å². The number of aliphatic hydroxyl groups is 1. The van der Waals surface area contributed by atoms with Gasteiger partial charge in [0.15, 0.2) is 0 Å². The molecule has 0 rings (SSSR count). The van der Waals surface area contributed by atoms with E-state index in [1.165, 1.54) is 19.3 Å². The minimum atomic E-state index is -0.0836. The Bertz CT molecular complexity index is 254. The van der Waals surface area contributed by atoms with Gasteiger partial charge in [-0.25, -0.2) is 0 Å². The molecule has 0 unspecified atom stereocenters. The number of carbonyl (C=O) groups is 1. The van der Waals surface area contributed by atoms with E-state index in [-0.39, 0.29) is 12.6 Å². The van der Waals surface area contributed by atoms with Crippen LogP contribution in [0.15, 0.2) is 12.2 Å². The number of aliphatic hydroxyl groups excluding tert-OH is 1. The molecule has 0 spiro atoms. The fourth-order valence-corrected chi connectivity index (χ4v) is 1.97. The average Bonchev–Trinajstić information content (AvgIpc) is 2.49. The van der Waals surface area contributed by atoms with Crippen molar-refractivity contribution in [3.8, 4) is 0 Å². The zero-order valence-electron chi connectivity index (χ0n) is 13.6. The molecule has 0 heterocycles. The molecule has 0 saturated carbocycles. The number of carbonyl (C=O) groups excluding carboxylic acids is 1. The van der Waals surface area contributed by atoms with Crippen LogP contribution in [0.4, 0.5) is 0 Å². The van der Waals surface area contributed by atoms with E-state index in [1.807, 2.05) is 6.08 Å². The predicted octanol–water partition coefficient (Wildman–Crippen LogP) is 3.20. The van der Waals surface area contributed by atoms with Crippen molar-refractivity contribution >= 4 is 5.97 Å². The Morgan fingerprint density at radius 3 is 2.57 bits per heavy atom. The molecule has 4 heteroatoms. The second-order valence-electron chi connectivity index (χ2n) is 5.29. The number of hydrogen-bond acceptors (Lipinski definition) is 4. The van der Waals surface area contributed by atoms with Crippen molar-refractivity contribution in [1.82, 2.24) is 5.32 Å². The molecule has 0 aliphatic heterocycles. The van der Waals surface area contributed by atoms with Crippen LogP contribution in [-0.4, -0.2) is 37.4 Å². The molecular weight excluding hydrogens is 266 g/mol. The molecule has 0 amide bonds. The molecule has 0 atom stereocenters. The Labute approximate surface area is 130 Å². The van der Waals surface area contributed by atoms with E-state index in [0.29, 0.717) is 19.6 Å². The van der Waals surface area contributed by atoms with E-state index in [1.54, 1.807) is 0 Å². The van der Waals surface area contributed by atoms with Gasteiger partial charge < -0.3 is 15.2 Å². The second kappa shape index (κ2) is 17.2. The molecule has 0 saturated heterocycles. The maximum absolute atomic E-state index is 11.4. The first-order valence-corrected chi connectivity index (χ1v) is 8.43. The highest BCUT2D eigenvalue weighted by Crippen LogP contribution is 2.06. The van der Waals surface area contributed by atoms with Gasteiger partial charge >= 0.3 is 5.97 Å². The van der Waals surface area contributed by atoms with Gasteiger partial charge in [-0.05, 0) is 25.8 Å². The van der Waals surface area contributed by atoms with Gasteiger partial charge in [0.1, 0.15) is 6.61 Å². The number of esters is 1. The summed E-state index contributed by atoms with van der Waals surface area (Å²) in [5.74, 6) is -0.0836. The number of hydrogen-bond donors (Lipinski definition) is 2. The Hall–Kier alpha value is -0.870. The first-order chi connectivity index (χ1) is 10.3. The zero-order chi connectivity index (χ0) is 15.6. The van der Waals surface area contributed by atoms with E-state index >= 15 is 0 Å². The number of rotatable bonds is 15. The topological polar surface area (TPSA) is 58.6 Å². The summed E-state index contributed by atoms with van der Waals surface area (Å²) in [6.07, 6.45) is 13.5. The summed E-state index contributed by atoms with van der Waals surface area (Å²) in [5, 5.41) is 11.8. The van der Waals surface area contributed by atoms with Crippen LogP contribution in [0.5, 0.6) is 0 Å². The fourth-order valence-electron chi connectivity index (χ4n) is 1.97. The minimum Gasteiger partial charge on any atom is -0.461 e. The van der Waals surface area contributed by atoms with Crippen molar-refractivity contribution in [3.63, 3.8) is 0 Å². The molecule has 0 aromatic heterocycles. The van der Waals surface area contributed by atoms with E-state index in [9.17, 15) is 4.79 Å². The van der Waals surface area contributed by atoms with E-state index < -0.39 is 0 Å². The molecule has 4 nitrogen and oxygen atoms in total. The predicted molar refractivity (Wildman–Crippen MR) is 87.3 cm³/mol. The van der Waals surface area contributed by atoms with Crippen LogP contribution in [0.3, 0.4) is 0 Å². The summed E-state index contributed by atoms with van der Waals surface area (Å²) in [6.45, 7) is 4.43. The SMILES string of the molecule is CCCCC=CCOC(=O)CCCCCCCNCCO. The number of nitrogens with one attached hydrogen (secondary N) is 1. The fraction of sp³-hybridized carbons (Fsp3) is 0.824. The molecule has 0 bridgehead atoms. The van der Waals surface area contributed by atoms with Crippen molar-refractivity contribution in [3.05, 3.63) is 12.2 Å². The molecule has 0 aliphatic carbocycles. The molecule has 0 aromatic rings. The highest BCUT2D eigenvalue weighted by molar-refractivity contribution is 5.69. The van der Waals surface area contributed by atoms with Crippen LogP contribution >= 0.6 is 0 Å². The molecule has 2 N–H and O–H groups in total. The molecule has 0 aliphatic rings. The second-order valence-corrected chi connectivity index (χ2v) is 5.29. The largest absolute Gasteiger partial charge is 0.461 e. The Balaban J connectivity index is 3.21. The summed E-state index contributed by atoms with van der Waals surface area (Å²) in [6, 6.07) is 0. The van der Waals surface area contributed by atoms with Crippen LogP contribution < -0.4 is 5.32 Å². The first-order valence-electron chi connectivity index (χ1n) is 8.43. The molecule has 21 heavy (non-hydrogen) atoms. The van der Waals surface area contributed by atoms with Crippen LogP contribution in [0.25, 0.3) is 0 Å². The summed E-state index contributed by atoms with van der Waals surface area (Å²) in [4.78, 5) is 11.4.